The molecule has 0 aliphatic heterocycles. The number of hydrogen-bond donors (Lipinski definition) is 3. The van der Waals surface area contributed by atoms with E-state index in [1.807, 2.05) is 24.4 Å². The maximum atomic E-state index is 11.4. The van der Waals surface area contributed by atoms with Gasteiger partial charge >= 0.3 is 6.09 Å². The zero-order chi connectivity index (χ0) is 23.5. The summed E-state index contributed by atoms with van der Waals surface area (Å²) in [7, 11) is -1.97. The Morgan fingerprint density at radius 3 is 2.66 bits per heavy atom. The molecule has 1 amide bonds. The van der Waals surface area contributed by atoms with E-state index in [2.05, 4.69) is 65.1 Å². The fourth-order valence-electron chi connectivity index (χ4n) is 3.10. The summed E-state index contributed by atoms with van der Waals surface area (Å²) in [6.45, 7) is 11.2. The number of carboxylic acid groups (broad SMARTS) is 1. The lowest BCUT2D eigenvalue weighted by molar-refractivity contribution is 0.180. The van der Waals surface area contributed by atoms with Gasteiger partial charge in [0, 0.05) is 27.8 Å². The number of benzene rings is 1. The highest BCUT2D eigenvalue weighted by molar-refractivity contribution is 9.10. The second-order valence-electron chi connectivity index (χ2n) is 9.38. The molecule has 1 atom stereocenters. The summed E-state index contributed by atoms with van der Waals surface area (Å²) >= 11 is 3.36. The monoisotopic (exact) mass is 519 g/mol. The van der Waals surface area contributed by atoms with Gasteiger partial charge in [0.05, 0.1) is 12.2 Å². The number of H-pyrrole nitrogens is 1. The number of carbonyl (C=O) groups is 1. The number of amides is 1. The smallest absolute Gasteiger partial charge is 0.405 e. The van der Waals surface area contributed by atoms with Crippen LogP contribution >= 0.6 is 15.9 Å². The maximum absolute atomic E-state index is 11.4. The molecular weight excluding hydrogens is 490 g/mol. The Hall–Kier alpha value is -2.52. The van der Waals surface area contributed by atoms with Crippen molar-refractivity contribution in [3.05, 3.63) is 52.9 Å². The lowest BCUT2D eigenvalue weighted by Gasteiger charge is -2.36. The van der Waals surface area contributed by atoms with Crippen LogP contribution in [-0.4, -0.2) is 42.1 Å². The molecule has 3 rings (SSSR count). The Morgan fingerprint density at radius 2 is 2.00 bits per heavy atom. The molecule has 1 unspecified atom stereocenters. The molecule has 2 heterocycles. The van der Waals surface area contributed by atoms with Crippen molar-refractivity contribution in [1.82, 2.24) is 15.3 Å². The molecule has 0 spiro atoms. The molecule has 3 N–H and O–H groups in total. The van der Waals surface area contributed by atoms with E-state index in [1.165, 1.54) is 0 Å². The van der Waals surface area contributed by atoms with Gasteiger partial charge in [-0.2, -0.15) is 0 Å². The molecule has 0 aliphatic carbocycles. The lowest BCUT2D eigenvalue weighted by atomic mass is 10.1. The molecule has 0 radical (unpaired) electrons. The van der Waals surface area contributed by atoms with Crippen LogP contribution in [0.5, 0.6) is 11.5 Å². The second-order valence-corrected chi connectivity index (χ2v) is 15.0. The van der Waals surface area contributed by atoms with Crippen molar-refractivity contribution in [2.24, 2.45) is 0 Å². The number of nitrogens with one attached hydrogen (secondary N) is 2. The largest absolute Gasteiger partial charge is 0.543 e. The summed E-state index contributed by atoms with van der Waals surface area (Å²) in [5.74, 6) is 1.41. The van der Waals surface area contributed by atoms with E-state index in [-0.39, 0.29) is 11.6 Å². The molecule has 172 valence electrons. The SMILES string of the molecule is CC(C)(C)[Si](C)(C)Oc1ccc2[nH]cc(CC(COc3cncc(Br)c3)NC(=O)O)c2c1. The average molecular weight is 521 g/mol. The van der Waals surface area contributed by atoms with E-state index in [9.17, 15) is 9.90 Å². The normalized spacial score (nSPS) is 13.1. The summed E-state index contributed by atoms with van der Waals surface area (Å²) in [5, 5.41) is 13.0. The second kappa shape index (κ2) is 9.54. The van der Waals surface area contributed by atoms with E-state index in [4.69, 9.17) is 9.16 Å². The van der Waals surface area contributed by atoms with Crippen molar-refractivity contribution < 1.29 is 19.1 Å². The summed E-state index contributed by atoms with van der Waals surface area (Å²) < 4.78 is 13.0. The number of aromatic nitrogens is 2. The van der Waals surface area contributed by atoms with Gasteiger partial charge in [-0.05, 0) is 70.3 Å². The predicted molar refractivity (Wildman–Crippen MR) is 132 cm³/mol. The van der Waals surface area contributed by atoms with Gasteiger partial charge < -0.3 is 24.6 Å². The Morgan fingerprint density at radius 1 is 1.25 bits per heavy atom. The first-order chi connectivity index (χ1) is 14.9. The van der Waals surface area contributed by atoms with Crippen LogP contribution in [0.2, 0.25) is 18.1 Å². The number of pyridine rings is 1. The summed E-state index contributed by atoms with van der Waals surface area (Å²) in [6.07, 6.45) is 4.55. The molecule has 0 bridgehead atoms. The van der Waals surface area contributed by atoms with Crippen LogP contribution in [0.4, 0.5) is 4.79 Å². The van der Waals surface area contributed by atoms with E-state index in [0.29, 0.717) is 12.2 Å². The number of rotatable bonds is 8. The van der Waals surface area contributed by atoms with Crippen LogP contribution in [0, 0.1) is 0 Å². The van der Waals surface area contributed by atoms with Crippen LogP contribution < -0.4 is 14.5 Å². The van der Waals surface area contributed by atoms with Crippen molar-refractivity contribution in [3.8, 4) is 11.5 Å². The Labute approximate surface area is 197 Å². The van der Waals surface area contributed by atoms with Gasteiger partial charge in [0.25, 0.3) is 0 Å². The molecule has 7 nitrogen and oxygen atoms in total. The average Bonchev–Trinajstić information content (AvgIpc) is 3.07. The number of hydrogen-bond acceptors (Lipinski definition) is 4. The minimum absolute atomic E-state index is 0.0953. The van der Waals surface area contributed by atoms with Crippen LogP contribution in [0.25, 0.3) is 10.9 Å². The number of ether oxygens (including phenoxy) is 1. The van der Waals surface area contributed by atoms with E-state index in [0.717, 1.165) is 26.7 Å². The number of fused-ring (bicyclic) bond motifs is 1. The van der Waals surface area contributed by atoms with E-state index in [1.54, 1.807) is 18.5 Å². The quantitative estimate of drug-likeness (QED) is 0.318. The van der Waals surface area contributed by atoms with Crippen molar-refractivity contribution in [3.63, 3.8) is 0 Å². The third-order valence-corrected chi connectivity index (χ3v) is 10.6. The highest BCUT2D eigenvalue weighted by Gasteiger charge is 2.39. The van der Waals surface area contributed by atoms with Crippen LogP contribution in [0.15, 0.2) is 47.3 Å². The molecular formula is C23H30BrN3O4Si. The van der Waals surface area contributed by atoms with Gasteiger partial charge in [-0.25, -0.2) is 4.79 Å². The summed E-state index contributed by atoms with van der Waals surface area (Å²) in [5.41, 5.74) is 1.98. The van der Waals surface area contributed by atoms with Gasteiger partial charge in [-0.15, -0.1) is 0 Å². The van der Waals surface area contributed by atoms with Crippen LogP contribution in [0.3, 0.4) is 0 Å². The van der Waals surface area contributed by atoms with Gasteiger partial charge in [0.15, 0.2) is 0 Å². The maximum Gasteiger partial charge on any atom is 0.405 e. The van der Waals surface area contributed by atoms with Crippen molar-refractivity contribution in [1.29, 1.82) is 0 Å². The van der Waals surface area contributed by atoms with Crippen LogP contribution in [0.1, 0.15) is 26.3 Å². The number of aromatic amines is 1. The minimum Gasteiger partial charge on any atom is -0.543 e. The van der Waals surface area contributed by atoms with E-state index < -0.39 is 20.5 Å². The number of nitrogens with zero attached hydrogens (tertiary/aromatic N) is 1. The zero-order valence-electron chi connectivity index (χ0n) is 19.0. The molecule has 3 aromatic rings. The number of halogens is 1. The highest BCUT2D eigenvalue weighted by Crippen LogP contribution is 2.38. The predicted octanol–water partition coefficient (Wildman–Crippen LogP) is 5.97. The Balaban J connectivity index is 1.80. The third-order valence-electron chi connectivity index (χ3n) is 5.84. The molecule has 0 aliphatic rings. The summed E-state index contributed by atoms with van der Waals surface area (Å²) in [6, 6.07) is 7.39. The van der Waals surface area contributed by atoms with Gasteiger partial charge in [-0.1, -0.05) is 20.8 Å². The first kappa shape index (κ1) is 24.1. The molecule has 2 aromatic heterocycles. The first-order valence-corrected chi connectivity index (χ1v) is 14.2. The third kappa shape index (κ3) is 6.04. The van der Waals surface area contributed by atoms with Gasteiger partial charge in [0.2, 0.25) is 8.32 Å². The fourth-order valence-corrected chi connectivity index (χ4v) is 4.46. The fraction of sp³-hybridized carbons (Fsp3) is 0.391. The molecule has 1 aromatic carbocycles. The molecule has 0 saturated carbocycles. The minimum atomic E-state index is -1.97. The van der Waals surface area contributed by atoms with Gasteiger partial charge in [0.1, 0.15) is 18.1 Å². The van der Waals surface area contributed by atoms with E-state index >= 15 is 0 Å². The van der Waals surface area contributed by atoms with Crippen molar-refractivity contribution >= 4 is 41.2 Å². The molecule has 32 heavy (non-hydrogen) atoms. The lowest BCUT2D eigenvalue weighted by Crippen LogP contribution is -2.43. The Kier molecular flexibility index (Phi) is 7.19. The Bertz CT molecular complexity index is 1090. The highest BCUT2D eigenvalue weighted by atomic mass is 79.9. The first-order valence-electron chi connectivity index (χ1n) is 10.5. The van der Waals surface area contributed by atoms with Crippen molar-refractivity contribution in [2.75, 3.05) is 6.61 Å². The van der Waals surface area contributed by atoms with Crippen LogP contribution in [-0.2, 0) is 6.42 Å². The molecule has 0 saturated heterocycles. The molecule has 9 heteroatoms. The zero-order valence-corrected chi connectivity index (χ0v) is 21.6. The van der Waals surface area contributed by atoms with Crippen molar-refractivity contribution in [2.45, 2.75) is 51.4 Å². The summed E-state index contributed by atoms with van der Waals surface area (Å²) in [4.78, 5) is 18.7. The van der Waals surface area contributed by atoms with Gasteiger partial charge in [-0.3, -0.25) is 4.98 Å². The topological polar surface area (TPSA) is 96.5 Å². The standard InChI is InChI=1S/C23H30BrN3O4Si/c1-23(2,3)32(4,5)31-18-6-7-21-20(10-18)15(11-26-21)8-17(27-22(28)29)14-30-19-9-16(24)12-25-13-19/h6-7,9-13,17,26-27H,8,14H2,1-5H3,(H,28,29). The molecule has 0 fully saturated rings.